The lowest BCUT2D eigenvalue weighted by atomic mass is 10.5. The Morgan fingerprint density at radius 1 is 1.50 bits per heavy atom. The number of carbonyl (C=O) groups excluding carboxylic acids is 1. The molecule has 0 bridgehead atoms. The van der Waals surface area contributed by atoms with Gasteiger partial charge in [-0.2, -0.15) is 0 Å². The van der Waals surface area contributed by atoms with E-state index in [0.717, 1.165) is 0 Å². The molecule has 0 atom stereocenters. The highest BCUT2D eigenvalue weighted by Crippen LogP contribution is 2.05. The minimum absolute atomic E-state index is 0.343. The van der Waals surface area contributed by atoms with Crippen LogP contribution >= 0.6 is 0 Å². The summed E-state index contributed by atoms with van der Waals surface area (Å²) in [6.45, 7) is 0. The van der Waals surface area contributed by atoms with Gasteiger partial charge in [-0.3, -0.25) is 4.98 Å². The molecule has 1 aromatic heterocycles. The van der Waals surface area contributed by atoms with Gasteiger partial charge in [0.15, 0.2) is 0 Å². The SMILES string of the molecule is [NH]C(=O)Oc1ccncc1. The van der Waals surface area contributed by atoms with Crippen molar-refractivity contribution in [3.05, 3.63) is 24.5 Å². The zero-order valence-electron chi connectivity index (χ0n) is 5.07. The van der Waals surface area contributed by atoms with Crippen LogP contribution in [0.1, 0.15) is 0 Å². The van der Waals surface area contributed by atoms with Crippen molar-refractivity contribution in [1.82, 2.24) is 10.7 Å². The normalized spacial score (nSPS) is 8.80. The average Bonchev–Trinajstić information content (AvgIpc) is 1.88. The Hall–Kier alpha value is -1.58. The van der Waals surface area contributed by atoms with E-state index in [1.54, 1.807) is 0 Å². The van der Waals surface area contributed by atoms with Gasteiger partial charge in [0.2, 0.25) is 0 Å². The van der Waals surface area contributed by atoms with Gasteiger partial charge in [-0.05, 0) is 12.1 Å². The molecule has 0 aliphatic carbocycles. The lowest BCUT2D eigenvalue weighted by Gasteiger charge is -1.95. The minimum atomic E-state index is -1.06. The van der Waals surface area contributed by atoms with E-state index in [-0.39, 0.29) is 0 Å². The summed E-state index contributed by atoms with van der Waals surface area (Å²) in [6, 6.07) is 3.01. The predicted octanol–water partition coefficient (Wildman–Crippen LogP) is 0.863. The molecule has 1 aromatic rings. The number of pyridine rings is 1. The number of amides is 1. The van der Waals surface area contributed by atoms with Crippen LogP contribution in [0, 0.1) is 0 Å². The third kappa shape index (κ3) is 1.74. The van der Waals surface area contributed by atoms with Crippen LogP contribution in [0.15, 0.2) is 24.5 Å². The van der Waals surface area contributed by atoms with E-state index in [0.29, 0.717) is 5.75 Å². The fraction of sp³-hybridized carbons (Fsp3) is 0. The Bertz CT molecular complexity index is 222. The molecule has 1 rings (SSSR count). The van der Waals surface area contributed by atoms with Crippen LogP contribution in [0.2, 0.25) is 0 Å². The van der Waals surface area contributed by atoms with Crippen LogP contribution in [0.25, 0.3) is 0 Å². The Balaban J connectivity index is 2.67. The number of aromatic nitrogens is 1. The molecule has 0 aromatic carbocycles. The molecule has 0 aliphatic heterocycles. The lowest BCUT2D eigenvalue weighted by molar-refractivity contribution is 0.209. The molecule has 4 heteroatoms. The van der Waals surface area contributed by atoms with Crippen molar-refractivity contribution in [2.75, 3.05) is 0 Å². The summed E-state index contributed by atoms with van der Waals surface area (Å²) in [5.74, 6) is 0.343. The summed E-state index contributed by atoms with van der Waals surface area (Å²) in [5.41, 5.74) is 6.43. The molecule has 1 radical (unpaired) electrons. The second-order valence-electron chi connectivity index (χ2n) is 1.57. The highest BCUT2D eigenvalue weighted by atomic mass is 16.5. The maximum absolute atomic E-state index is 10.0. The number of nitrogens with zero attached hydrogens (tertiary/aromatic N) is 1. The number of rotatable bonds is 1. The quantitative estimate of drug-likeness (QED) is 0.576. The molecule has 10 heavy (non-hydrogen) atoms. The number of hydrogen-bond donors (Lipinski definition) is 0. The summed E-state index contributed by atoms with van der Waals surface area (Å²) in [4.78, 5) is 13.7. The zero-order valence-corrected chi connectivity index (χ0v) is 5.07. The van der Waals surface area contributed by atoms with Gasteiger partial charge in [0.25, 0.3) is 0 Å². The van der Waals surface area contributed by atoms with E-state index >= 15 is 0 Å². The van der Waals surface area contributed by atoms with Crippen molar-refractivity contribution in [3.63, 3.8) is 0 Å². The molecule has 0 aliphatic rings. The van der Waals surface area contributed by atoms with Crippen LogP contribution in [0.5, 0.6) is 5.75 Å². The number of carbonyl (C=O) groups is 1. The van der Waals surface area contributed by atoms with Crippen molar-refractivity contribution in [2.24, 2.45) is 0 Å². The first-order valence-electron chi connectivity index (χ1n) is 2.62. The van der Waals surface area contributed by atoms with Gasteiger partial charge in [-0.25, -0.2) is 10.5 Å². The minimum Gasteiger partial charge on any atom is -0.409 e. The van der Waals surface area contributed by atoms with E-state index in [2.05, 4.69) is 9.72 Å². The molecule has 4 nitrogen and oxygen atoms in total. The fourth-order valence-electron chi connectivity index (χ4n) is 0.513. The van der Waals surface area contributed by atoms with Gasteiger partial charge in [0.1, 0.15) is 5.75 Å². The van der Waals surface area contributed by atoms with Gasteiger partial charge in [0.05, 0.1) is 0 Å². The van der Waals surface area contributed by atoms with E-state index in [4.69, 9.17) is 5.73 Å². The number of hydrogen-bond acceptors (Lipinski definition) is 3. The van der Waals surface area contributed by atoms with Crippen molar-refractivity contribution >= 4 is 6.09 Å². The summed E-state index contributed by atoms with van der Waals surface area (Å²) in [6.07, 6.45) is 1.91. The highest BCUT2D eigenvalue weighted by molar-refractivity contribution is 5.66. The molecule has 0 spiro atoms. The first kappa shape index (κ1) is 6.54. The molecule has 0 fully saturated rings. The summed E-state index contributed by atoms with van der Waals surface area (Å²) < 4.78 is 4.40. The molecule has 1 heterocycles. The lowest BCUT2D eigenvalue weighted by Crippen LogP contribution is -2.04. The van der Waals surface area contributed by atoms with Crippen LogP contribution in [-0.2, 0) is 0 Å². The Morgan fingerprint density at radius 2 is 2.10 bits per heavy atom. The van der Waals surface area contributed by atoms with Crippen LogP contribution in [0.3, 0.4) is 0 Å². The Labute approximate surface area is 57.6 Å². The summed E-state index contributed by atoms with van der Waals surface area (Å²) in [5, 5.41) is 0. The van der Waals surface area contributed by atoms with Crippen molar-refractivity contribution in [3.8, 4) is 5.75 Å². The second kappa shape index (κ2) is 2.82. The van der Waals surface area contributed by atoms with Crippen LogP contribution in [-0.4, -0.2) is 11.1 Å². The summed E-state index contributed by atoms with van der Waals surface area (Å²) in [7, 11) is 0. The van der Waals surface area contributed by atoms with E-state index in [1.165, 1.54) is 24.5 Å². The van der Waals surface area contributed by atoms with E-state index < -0.39 is 6.09 Å². The molecule has 1 amide bonds. The third-order valence-corrected chi connectivity index (χ3v) is 0.860. The molecular weight excluding hydrogens is 132 g/mol. The average molecular weight is 137 g/mol. The molecule has 1 N–H and O–H groups in total. The molecule has 0 unspecified atom stereocenters. The Morgan fingerprint density at radius 3 is 2.60 bits per heavy atom. The van der Waals surface area contributed by atoms with Gasteiger partial charge >= 0.3 is 6.09 Å². The van der Waals surface area contributed by atoms with E-state index in [9.17, 15) is 4.79 Å². The fourth-order valence-corrected chi connectivity index (χ4v) is 0.513. The molecular formula is C6H5N2O2. The highest BCUT2D eigenvalue weighted by Gasteiger charge is 1.95. The topological polar surface area (TPSA) is 63.0 Å². The maximum Gasteiger partial charge on any atom is 0.431 e. The molecule has 51 valence electrons. The van der Waals surface area contributed by atoms with Crippen LogP contribution in [0.4, 0.5) is 4.79 Å². The van der Waals surface area contributed by atoms with Crippen molar-refractivity contribution in [1.29, 1.82) is 0 Å². The van der Waals surface area contributed by atoms with E-state index in [1.807, 2.05) is 0 Å². The summed E-state index contributed by atoms with van der Waals surface area (Å²) >= 11 is 0. The van der Waals surface area contributed by atoms with Gasteiger partial charge in [-0.1, -0.05) is 0 Å². The van der Waals surface area contributed by atoms with Gasteiger partial charge in [-0.15, -0.1) is 0 Å². The molecule has 0 saturated carbocycles. The van der Waals surface area contributed by atoms with Crippen LogP contribution < -0.4 is 10.5 Å². The second-order valence-corrected chi connectivity index (χ2v) is 1.57. The zero-order chi connectivity index (χ0) is 7.40. The van der Waals surface area contributed by atoms with Gasteiger partial charge < -0.3 is 4.74 Å². The first-order chi connectivity index (χ1) is 4.79. The molecule has 0 saturated heterocycles. The monoisotopic (exact) mass is 137 g/mol. The third-order valence-electron chi connectivity index (χ3n) is 0.860. The largest absolute Gasteiger partial charge is 0.431 e. The standard InChI is InChI=1S/C6H5N2O2/c7-6(9)10-5-1-3-8-4-2-5/h1-4,7H. The van der Waals surface area contributed by atoms with Gasteiger partial charge in [0, 0.05) is 12.4 Å². The first-order valence-corrected chi connectivity index (χ1v) is 2.62. The number of ether oxygens (including phenoxy) is 1. The van der Waals surface area contributed by atoms with Crippen molar-refractivity contribution in [2.45, 2.75) is 0 Å². The number of nitrogens with one attached hydrogen (secondary N) is 1. The predicted molar refractivity (Wildman–Crippen MR) is 33.4 cm³/mol. The Kier molecular flexibility index (Phi) is 1.84. The smallest absolute Gasteiger partial charge is 0.409 e. The van der Waals surface area contributed by atoms with Crippen molar-refractivity contribution < 1.29 is 9.53 Å². The maximum atomic E-state index is 10.0.